The van der Waals surface area contributed by atoms with E-state index in [1.54, 1.807) is 11.3 Å². The van der Waals surface area contributed by atoms with Crippen LogP contribution in [-0.4, -0.2) is 22.9 Å². The molecule has 0 saturated carbocycles. The van der Waals surface area contributed by atoms with Crippen LogP contribution in [0.4, 0.5) is 5.82 Å². The molecule has 0 bridgehead atoms. The Balaban J connectivity index is 2.31. The predicted molar refractivity (Wildman–Crippen MR) is 81.7 cm³/mol. The molecule has 104 valence electrons. The molecule has 2 aromatic rings. The molecule has 0 radical (unpaired) electrons. The van der Waals surface area contributed by atoms with Crippen molar-refractivity contribution in [3.8, 4) is 0 Å². The lowest BCUT2D eigenvalue weighted by molar-refractivity contribution is 0.706. The van der Waals surface area contributed by atoms with Crippen LogP contribution in [0, 0.1) is 6.92 Å². The van der Waals surface area contributed by atoms with Crippen molar-refractivity contribution < 1.29 is 0 Å². The third-order valence-electron chi connectivity index (χ3n) is 3.32. The number of rotatable bonds is 6. The standard InChI is InChI=1S/C14H22N4S/c1-4-18(10-12-6-5-9-19-12)14-13(7-8-15)11(2)16-17(14)3/h5-6,9H,4,7-8,10,15H2,1-3H3. The van der Waals surface area contributed by atoms with E-state index in [1.165, 1.54) is 16.3 Å². The molecule has 0 aliphatic carbocycles. The molecular weight excluding hydrogens is 256 g/mol. The zero-order valence-electron chi connectivity index (χ0n) is 11.9. The summed E-state index contributed by atoms with van der Waals surface area (Å²) in [5.74, 6) is 1.21. The van der Waals surface area contributed by atoms with Crippen molar-refractivity contribution in [1.29, 1.82) is 0 Å². The van der Waals surface area contributed by atoms with Crippen LogP contribution >= 0.6 is 11.3 Å². The number of nitrogens with zero attached hydrogens (tertiary/aromatic N) is 3. The molecule has 4 nitrogen and oxygen atoms in total. The quantitative estimate of drug-likeness (QED) is 0.882. The second-order valence-electron chi connectivity index (χ2n) is 4.64. The summed E-state index contributed by atoms with van der Waals surface area (Å²) in [7, 11) is 2.01. The molecule has 0 aromatic carbocycles. The van der Waals surface area contributed by atoms with Crippen molar-refractivity contribution in [1.82, 2.24) is 9.78 Å². The summed E-state index contributed by atoms with van der Waals surface area (Å²) in [6.07, 6.45) is 0.885. The van der Waals surface area contributed by atoms with Crippen LogP contribution in [-0.2, 0) is 20.0 Å². The highest BCUT2D eigenvalue weighted by Gasteiger charge is 2.18. The van der Waals surface area contributed by atoms with Gasteiger partial charge in [0.1, 0.15) is 5.82 Å². The van der Waals surface area contributed by atoms with Crippen molar-refractivity contribution >= 4 is 17.2 Å². The summed E-state index contributed by atoms with van der Waals surface area (Å²) in [5, 5.41) is 6.67. The van der Waals surface area contributed by atoms with E-state index in [0.29, 0.717) is 6.54 Å². The van der Waals surface area contributed by atoms with E-state index in [1.807, 2.05) is 11.7 Å². The molecule has 19 heavy (non-hydrogen) atoms. The van der Waals surface area contributed by atoms with E-state index in [-0.39, 0.29) is 0 Å². The smallest absolute Gasteiger partial charge is 0.130 e. The lowest BCUT2D eigenvalue weighted by Crippen LogP contribution is -2.25. The number of nitrogens with two attached hydrogens (primary N) is 1. The van der Waals surface area contributed by atoms with Gasteiger partial charge in [0.05, 0.1) is 12.2 Å². The Labute approximate surface area is 118 Å². The van der Waals surface area contributed by atoms with Crippen LogP contribution in [0.3, 0.4) is 0 Å². The molecule has 0 spiro atoms. The predicted octanol–water partition coefficient (Wildman–Crippen LogP) is 2.32. The van der Waals surface area contributed by atoms with Gasteiger partial charge in [-0.25, -0.2) is 0 Å². The fraction of sp³-hybridized carbons (Fsp3) is 0.500. The maximum absolute atomic E-state index is 5.73. The lowest BCUT2D eigenvalue weighted by atomic mass is 10.1. The van der Waals surface area contributed by atoms with Gasteiger partial charge >= 0.3 is 0 Å². The number of thiophene rings is 1. The molecule has 5 heteroatoms. The van der Waals surface area contributed by atoms with Gasteiger partial charge < -0.3 is 10.6 Å². The number of hydrogen-bond donors (Lipinski definition) is 1. The first-order valence-corrected chi connectivity index (χ1v) is 7.55. The first-order chi connectivity index (χ1) is 9.17. The average molecular weight is 278 g/mol. The Morgan fingerprint density at radius 3 is 2.84 bits per heavy atom. The fourth-order valence-electron chi connectivity index (χ4n) is 2.45. The number of aromatic nitrogens is 2. The minimum absolute atomic E-state index is 0.663. The van der Waals surface area contributed by atoms with Gasteiger partial charge in [0, 0.05) is 24.0 Å². The van der Waals surface area contributed by atoms with Gasteiger partial charge in [0.2, 0.25) is 0 Å². The van der Waals surface area contributed by atoms with E-state index in [0.717, 1.165) is 25.2 Å². The summed E-state index contributed by atoms with van der Waals surface area (Å²) >= 11 is 1.80. The number of anilines is 1. The zero-order valence-corrected chi connectivity index (χ0v) is 12.7. The lowest BCUT2D eigenvalue weighted by Gasteiger charge is -2.24. The van der Waals surface area contributed by atoms with Gasteiger partial charge in [-0.15, -0.1) is 11.3 Å². The third-order valence-corrected chi connectivity index (χ3v) is 4.18. The average Bonchev–Trinajstić information content (AvgIpc) is 2.97. The maximum atomic E-state index is 5.73. The van der Waals surface area contributed by atoms with Crippen LogP contribution in [0.1, 0.15) is 23.1 Å². The Kier molecular flexibility index (Phi) is 4.61. The minimum Gasteiger partial charge on any atom is -0.352 e. The van der Waals surface area contributed by atoms with Gasteiger partial charge in [-0.1, -0.05) is 6.07 Å². The highest BCUT2D eigenvalue weighted by atomic mass is 32.1. The monoisotopic (exact) mass is 278 g/mol. The normalized spacial score (nSPS) is 10.9. The van der Waals surface area contributed by atoms with E-state index in [9.17, 15) is 0 Å². The Morgan fingerprint density at radius 1 is 1.47 bits per heavy atom. The van der Waals surface area contributed by atoms with Crippen molar-refractivity contribution in [3.05, 3.63) is 33.6 Å². The van der Waals surface area contributed by atoms with Crippen molar-refractivity contribution in [3.63, 3.8) is 0 Å². The Hall–Kier alpha value is -1.33. The first-order valence-electron chi connectivity index (χ1n) is 6.67. The molecule has 0 fully saturated rings. The highest BCUT2D eigenvalue weighted by Crippen LogP contribution is 2.26. The van der Waals surface area contributed by atoms with Crippen molar-refractivity contribution in [2.24, 2.45) is 12.8 Å². The SMILES string of the molecule is CCN(Cc1cccs1)c1c(CCN)c(C)nn1C. The minimum atomic E-state index is 0.663. The van der Waals surface area contributed by atoms with Crippen LogP contribution < -0.4 is 10.6 Å². The molecule has 0 atom stereocenters. The topological polar surface area (TPSA) is 47.1 Å². The van der Waals surface area contributed by atoms with Gasteiger partial charge in [-0.05, 0) is 38.3 Å². The first kappa shape index (κ1) is 14.1. The van der Waals surface area contributed by atoms with Crippen LogP contribution in [0.25, 0.3) is 0 Å². The zero-order chi connectivity index (χ0) is 13.8. The van der Waals surface area contributed by atoms with Gasteiger partial charge in [0.15, 0.2) is 0 Å². The third kappa shape index (κ3) is 2.98. The molecule has 2 aromatic heterocycles. The van der Waals surface area contributed by atoms with E-state index < -0.39 is 0 Å². The molecule has 2 heterocycles. The highest BCUT2D eigenvalue weighted by molar-refractivity contribution is 7.09. The molecule has 0 aliphatic rings. The molecule has 0 unspecified atom stereocenters. The fourth-order valence-corrected chi connectivity index (χ4v) is 3.17. The molecule has 0 saturated heterocycles. The summed E-state index contributed by atoms with van der Waals surface area (Å²) in [6, 6.07) is 4.28. The summed E-state index contributed by atoms with van der Waals surface area (Å²) in [5.41, 5.74) is 8.10. The van der Waals surface area contributed by atoms with Crippen LogP contribution in [0.15, 0.2) is 17.5 Å². The van der Waals surface area contributed by atoms with E-state index >= 15 is 0 Å². The Morgan fingerprint density at radius 2 is 2.26 bits per heavy atom. The van der Waals surface area contributed by atoms with Crippen molar-refractivity contribution in [2.75, 3.05) is 18.0 Å². The summed E-state index contributed by atoms with van der Waals surface area (Å²) in [6.45, 7) is 6.81. The maximum Gasteiger partial charge on any atom is 0.130 e. The number of aryl methyl sites for hydroxylation is 2. The molecule has 2 rings (SSSR count). The van der Waals surface area contributed by atoms with E-state index in [4.69, 9.17) is 5.73 Å². The van der Waals surface area contributed by atoms with Crippen molar-refractivity contribution in [2.45, 2.75) is 26.8 Å². The van der Waals surface area contributed by atoms with Gasteiger partial charge in [0.25, 0.3) is 0 Å². The molecule has 2 N–H and O–H groups in total. The molecule has 0 aliphatic heterocycles. The molecule has 0 amide bonds. The summed E-state index contributed by atoms with van der Waals surface area (Å²) < 4.78 is 1.98. The summed E-state index contributed by atoms with van der Waals surface area (Å²) in [4.78, 5) is 3.75. The second kappa shape index (κ2) is 6.21. The largest absolute Gasteiger partial charge is 0.352 e. The van der Waals surface area contributed by atoms with Gasteiger partial charge in [-0.2, -0.15) is 5.10 Å². The second-order valence-corrected chi connectivity index (χ2v) is 5.68. The van der Waals surface area contributed by atoms with Gasteiger partial charge in [-0.3, -0.25) is 4.68 Å². The number of hydrogen-bond acceptors (Lipinski definition) is 4. The van der Waals surface area contributed by atoms with Crippen LogP contribution in [0.5, 0.6) is 0 Å². The Bertz CT molecular complexity index is 516. The van der Waals surface area contributed by atoms with Crippen LogP contribution in [0.2, 0.25) is 0 Å². The van der Waals surface area contributed by atoms with E-state index in [2.05, 4.69) is 41.4 Å². The molecular formula is C14H22N4S.